The summed E-state index contributed by atoms with van der Waals surface area (Å²) in [7, 11) is -3.75. The number of benzene rings is 1. The second kappa shape index (κ2) is 7.37. The highest BCUT2D eigenvalue weighted by Crippen LogP contribution is 2.24. The van der Waals surface area contributed by atoms with Gasteiger partial charge in [0.1, 0.15) is 5.15 Å². The van der Waals surface area contributed by atoms with Crippen LogP contribution in [0, 0.1) is 23.0 Å². The first-order chi connectivity index (χ1) is 11.6. The van der Waals surface area contributed by atoms with Crippen molar-refractivity contribution in [1.29, 1.82) is 0 Å². The number of hydrogen-bond donors (Lipinski definition) is 0. The first kappa shape index (κ1) is 19.1. The van der Waals surface area contributed by atoms with E-state index < -0.39 is 14.8 Å². The molecule has 7 nitrogen and oxygen atoms in total. The van der Waals surface area contributed by atoms with Crippen LogP contribution in [0.3, 0.4) is 0 Å². The van der Waals surface area contributed by atoms with Gasteiger partial charge in [-0.05, 0) is 31.1 Å². The normalized spacial score (nSPS) is 12.2. The van der Waals surface area contributed by atoms with Crippen LogP contribution in [0.25, 0.3) is 6.08 Å². The lowest BCUT2D eigenvalue weighted by atomic mass is 10.2. The van der Waals surface area contributed by atoms with Gasteiger partial charge in [-0.1, -0.05) is 25.4 Å². The maximum Gasteiger partial charge on any atom is 0.269 e. The maximum absolute atomic E-state index is 12.4. The molecule has 0 aliphatic rings. The van der Waals surface area contributed by atoms with E-state index in [9.17, 15) is 18.5 Å². The molecule has 2 rings (SSSR count). The van der Waals surface area contributed by atoms with Crippen molar-refractivity contribution in [2.75, 3.05) is 0 Å². The summed E-state index contributed by atoms with van der Waals surface area (Å²) in [6.07, 6.45) is 1.40. The van der Waals surface area contributed by atoms with Gasteiger partial charge in [0.2, 0.25) is 0 Å². The van der Waals surface area contributed by atoms with Crippen LogP contribution in [0.15, 0.2) is 34.6 Å². The van der Waals surface area contributed by atoms with Gasteiger partial charge in [-0.2, -0.15) is 5.10 Å². The second-order valence-electron chi connectivity index (χ2n) is 5.96. The van der Waals surface area contributed by atoms with E-state index in [1.54, 1.807) is 11.6 Å². The van der Waals surface area contributed by atoms with Crippen molar-refractivity contribution in [3.05, 3.63) is 56.2 Å². The van der Waals surface area contributed by atoms with Crippen LogP contribution in [0.1, 0.15) is 25.1 Å². The third-order valence-corrected chi connectivity index (χ3v) is 5.26. The fourth-order valence-corrected chi connectivity index (χ4v) is 3.51. The van der Waals surface area contributed by atoms with Crippen LogP contribution in [0.5, 0.6) is 0 Å². The summed E-state index contributed by atoms with van der Waals surface area (Å²) in [5.74, 6) is 0.345. The molecule has 0 spiro atoms. The molecule has 1 aromatic heterocycles. The highest BCUT2D eigenvalue weighted by molar-refractivity contribution is 7.94. The Kier molecular flexibility index (Phi) is 5.64. The average molecular weight is 384 g/mol. The van der Waals surface area contributed by atoms with Crippen LogP contribution in [0.4, 0.5) is 5.69 Å². The molecule has 1 heterocycles. The molecule has 134 valence electrons. The Hall–Kier alpha value is -2.19. The van der Waals surface area contributed by atoms with E-state index in [-0.39, 0.29) is 10.6 Å². The summed E-state index contributed by atoms with van der Waals surface area (Å²) in [4.78, 5) is 10.0. The number of hydrogen-bond acceptors (Lipinski definition) is 5. The van der Waals surface area contributed by atoms with Gasteiger partial charge in [-0.15, -0.1) is 0 Å². The number of rotatable bonds is 6. The number of sulfone groups is 1. The van der Waals surface area contributed by atoms with Crippen LogP contribution in [0.2, 0.25) is 5.15 Å². The van der Waals surface area contributed by atoms with Crippen molar-refractivity contribution in [2.45, 2.75) is 32.2 Å². The van der Waals surface area contributed by atoms with E-state index in [1.807, 2.05) is 13.8 Å². The van der Waals surface area contributed by atoms with Gasteiger partial charge in [0.15, 0.2) is 9.84 Å². The number of nitro benzene ring substituents is 1. The highest BCUT2D eigenvalue weighted by atomic mass is 35.5. The lowest BCUT2D eigenvalue weighted by molar-refractivity contribution is -0.384. The predicted molar refractivity (Wildman–Crippen MR) is 96.1 cm³/mol. The van der Waals surface area contributed by atoms with Crippen molar-refractivity contribution in [2.24, 2.45) is 5.92 Å². The molecule has 0 radical (unpaired) electrons. The first-order valence-electron chi connectivity index (χ1n) is 7.52. The number of aromatic nitrogens is 2. The van der Waals surface area contributed by atoms with Gasteiger partial charge in [0.05, 0.1) is 15.5 Å². The highest BCUT2D eigenvalue weighted by Gasteiger charge is 2.16. The Morgan fingerprint density at radius 1 is 1.32 bits per heavy atom. The van der Waals surface area contributed by atoms with Crippen molar-refractivity contribution < 1.29 is 13.3 Å². The van der Waals surface area contributed by atoms with E-state index in [4.69, 9.17) is 11.6 Å². The molecule has 25 heavy (non-hydrogen) atoms. The van der Waals surface area contributed by atoms with Gasteiger partial charge in [-0.25, -0.2) is 8.42 Å². The van der Waals surface area contributed by atoms with Gasteiger partial charge in [0, 0.05) is 29.6 Å². The standard InChI is InChI=1S/C16H18ClN3O4S/c1-11(2)10-19-16(17)15(12(3)18-19)8-9-25(23,24)14-6-4-13(5-7-14)20(21)22/h4-9,11H,10H2,1-3H3/b9-8+. The zero-order valence-corrected chi connectivity index (χ0v) is 15.6. The van der Waals surface area contributed by atoms with Crippen molar-refractivity contribution in [1.82, 2.24) is 9.78 Å². The fourth-order valence-electron chi connectivity index (χ4n) is 2.22. The minimum Gasteiger partial charge on any atom is -0.258 e. The minimum atomic E-state index is -3.75. The third kappa shape index (κ3) is 4.46. The Morgan fingerprint density at radius 2 is 1.92 bits per heavy atom. The summed E-state index contributed by atoms with van der Waals surface area (Å²) in [5, 5.41) is 16.4. The molecule has 0 atom stereocenters. The smallest absolute Gasteiger partial charge is 0.258 e. The maximum atomic E-state index is 12.4. The molecular formula is C16H18ClN3O4S. The third-order valence-electron chi connectivity index (χ3n) is 3.44. The van der Waals surface area contributed by atoms with Gasteiger partial charge in [-0.3, -0.25) is 14.8 Å². The summed E-state index contributed by atoms with van der Waals surface area (Å²) in [6, 6.07) is 4.71. The molecular weight excluding hydrogens is 366 g/mol. The number of non-ortho nitro benzene ring substituents is 1. The minimum absolute atomic E-state index is 0.0299. The van der Waals surface area contributed by atoms with Gasteiger partial charge < -0.3 is 0 Å². The zero-order chi connectivity index (χ0) is 18.8. The molecule has 0 saturated carbocycles. The quantitative estimate of drug-likeness (QED) is 0.557. The van der Waals surface area contributed by atoms with Crippen molar-refractivity contribution in [3.8, 4) is 0 Å². The Bertz CT molecular complexity index is 916. The summed E-state index contributed by atoms with van der Waals surface area (Å²) >= 11 is 6.28. The van der Waals surface area contributed by atoms with E-state index in [0.29, 0.717) is 28.9 Å². The number of aryl methyl sites for hydroxylation is 1. The monoisotopic (exact) mass is 383 g/mol. The molecule has 2 aromatic rings. The summed E-state index contributed by atoms with van der Waals surface area (Å²) in [6.45, 7) is 6.44. The average Bonchev–Trinajstić information content (AvgIpc) is 2.79. The van der Waals surface area contributed by atoms with Crippen molar-refractivity contribution in [3.63, 3.8) is 0 Å². The summed E-state index contributed by atoms with van der Waals surface area (Å²) in [5.41, 5.74) is 0.991. The topological polar surface area (TPSA) is 95.1 Å². The molecule has 1 aromatic carbocycles. The van der Waals surface area contributed by atoms with Crippen LogP contribution in [-0.4, -0.2) is 23.1 Å². The molecule has 0 fully saturated rings. The first-order valence-corrected chi connectivity index (χ1v) is 9.44. The van der Waals surface area contributed by atoms with Crippen molar-refractivity contribution >= 4 is 33.2 Å². The molecule has 0 aliphatic carbocycles. The number of nitrogens with zero attached hydrogens (tertiary/aromatic N) is 3. The SMILES string of the molecule is Cc1nn(CC(C)C)c(Cl)c1/C=C/S(=O)(=O)c1ccc([N+](=O)[O-])cc1. The number of nitro groups is 1. The lowest BCUT2D eigenvalue weighted by Gasteiger charge is -2.05. The van der Waals surface area contributed by atoms with Gasteiger partial charge >= 0.3 is 0 Å². The molecule has 0 saturated heterocycles. The molecule has 0 N–H and O–H groups in total. The summed E-state index contributed by atoms with van der Waals surface area (Å²) < 4.78 is 26.4. The zero-order valence-electron chi connectivity index (χ0n) is 14.0. The molecule has 9 heteroatoms. The van der Waals surface area contributed by atoms with E-state index in [0.717, 1.165) is 17.5 Å². The number of halogens is 1. The largest absolute Gasteiger partial charge is 0.269 e. The Morgan fingerprint density at radius 3 is 2.44 bits per heavy atom. The van der Waals surface area contributed by atoms with E-state index >= 15 is 0 Å². The van der Waals surface area contributed by atoms with Crippen LogP contribution in [-0.2, 0) is 16.4 Å². The van der Waals surface area contributed by atoms with Crippen LogP contribution >= 0.6 is 11.6 Å². The van der Waals surface area contributed by atoms with Crippen LogP contribution < -0.4 is 0 Å². The second-order valence-corrected chi connectivity index (χ2v) is 8.16. The molecule has 0 amide bonds. The van der Waals surface area contributed by atoms with E-state index in [2.05, 4.69) is 5.10 Å². The Balaban J connectivity index is 2.31. The molecule has 0 aliphatic heterocycles. The molecule has 0 unspecified atom stereocenters. The van der Waals surface area contributed by atoms with Gasteiger partial charge in [0.25, 0.3) is 5.69 Å². The molecule has 0 bridgehead atoms. The lowest BCUT2D eigenvalue weighted by Crippen LogP contribution is -2.06. The fraction of sp³-hybridized carbons (Fsp3) is 0.312. The van der Waals surface area contributed by atoms with E-state index in [1.165, 1.54) is 18.2 Å². The predicted octanol–water partition coefficient (Wildman–Crippen LogP) is 3.85. The Labute approximate surface area is 151 Å².